The number of para-hydroxylation sites is 1. The molecule has 0 spiro atoms. The Morgan fingerprint density at radius 1 is 1.27 bits per heavy atom. The SMILES string of the molecule is C[C@@H]1C=C(c2cnccn2)CCN1C(=O)Nc1ccccc1. The molecule has 1 aliphatic heterocycles. The molecule has 1 aromatic carbocycles. The van der Waals surface area contributed by atoms with Gasteiger partial charge < -0.3 is 10.2 Å². The Balaban J connectivity index is 1.70. The second-order valence-electron chi connectivity index (χ2n) is 5.26. The zero-order valence-corrected chi connectivity index (χ0v) is 12.4. The van der Waals surface area contributed by atoms with E-state index in [-0.39, 0.29) is 12.1 Å². The van der Waals surface area contributed by atoms with Crippen LogP contribution < -0.4 is 5.32 Å². The van der Waals surface area contributed by atoms with Gasteiger partial charge in [0.1, 0.15) is 0 Å². The molecule has 5 heteroatoms. The minimum absolute atomic E-state index is 0.0227. The number of carbonyl (C=O) groups excluding carboxylic acids is 1. The number of nitrogens with zero attached hydrogens (tertiary/aromatic N) is 3. The maximum Gasteiger partial charge on any atom is 0.322 e. The Morgan fingerprint density at radius 2 is 2.09 bits per heavy atom. The fourth-order valence-corrected chi connectivity index (χ4v) is 2.59. The summed E-state index contributed by atoms with van der Waals surface area (Å²) in [5.74, 6) is 0. The molecule has 1 atom stereocenters. The molecule has 1 aromatic heterocycles. The lowest BCUT2D eigenvalue weighted by molar-refractivity contribution is 0.202. The molecule has 112 valence electrons. The molecule has 1 aliphatic rings. The third-order valence-corrected chi connectivity index (χ3v) is 3.73. The Hall–Kier alpha value is -2.69. The minimum atomic E-state index is -0.0758. The summed E-state index contributed by atoms with van der Waals surface area (Å²) in [7, 11) is 0. The number of urea groups is 1. The van der Waals surface area contributed by atoms with E-state index in [1.54, 1.807) is 18.6 Å². The lowest BCUT2D eigenvalue weighted by atomic mass is 10.0. The van der Waals surface area contributed by atoms with Crippen molar-refractivity contribution < 1.29 is 4.79 Å². The van der Waals surface area contributed by atoms with Crippen LogP contribution in [0.25, 0.3) is 5.57 Å². The summed E-state index contributed by atoms with van der Waals surface area (Å²) in [4.78, 5) is 22.6. The number of anilines is 1. The molecular weight excluding hydrogens is 276 g/mol. The third-order valence-electron chi connectivity index (χ3n) is 3.73. The first-order valence-electron chi connectivity index (χ1n) is 7.34. The highest BCUT2D eigenvalue weighted by atomic mass is 16.2. The number of hydrogen-bond acceptors (Lipinski definition) is 3. The van der Waals surface area contributed by atoms with Crippen LogP contribution in [0, 0.1) is 0 Å². The van der Waals surface area contributed by atoms with Gasteiger partial charge in [-0.25, -0.2) is 4.79 Å². The molecule has 0 fully saturated rings. The summed E-state index contributed by atoms with van der Waals surface area (Å²) in [6.45, 7) is 2.68. The average molecular weight is 294 g/mol. The number of aromatic nitrogens is 2. The molecule has 0 radical (unpaired) electrons. The van der Waals surface area contributed by atoms with Crippen molar-refractivity contribution in [2.45, 2.75) is 19.4 Å². The molecule has 1 N–H and O–H groups in total. The van der Waals surface area contributed by atoms with Crippen molar-refractivity contribution in [2.75, 3.05) is 11.9 Å². The first kappa shape index (κ1) is 14.3. The van der Waals surface area contributed by atoms with Gasteiger partial charge in [-0.2, -0.15) is 0 Å². The van der Waals surface area contributed by atoms with E-state index >= 15 is 0 Å². The third kappa shape index (κ3) is 3.14. The predicted octanol–water partition coefficient (Wildman–Crippen LogP) is 3.19. The van der Waals surface area contributed by atoms with E-state index in [0.717, 1.165) is 23.4 Å². The van der Waals surface area contributed by atoms with Crippen molar-refractivity contribution in [1.82, 2.24) is 14.9 Å². The Labute approximate surface area is 129 Å². The molecule has 22 heavy (non-hydrogen) atoms. The maximum absolute atomic E-state index is 12.4. The van der Waals surface area contributed by atoms with E-state index in [1.807, 2.05) is 42.2 Å². The molecule has 2 heterocycles. The van der Waals surface area contributed by atoms with Crippen molar-refractivity contribution >= 4 is 17.3 Å². The molecular formula is C17H18N4O. The van der Waals surface area contributed by atoms with Crippen molar-refractivity contribution in [1.29, 1.82) is 0 Å². The van der Waals surface area contributed by atoms with Gasteiger partial charge in [0.15, 0.2) is 0 Å². The smallest absolute Gasteiger partial charge is 0.318 e. The Kier molecular flexibility index (Phi) is 4.14. The van der Waals surface area contributed by atoms with Crippen molar-refractivity contribution in [2.24, 2.45) is 0 Å². The fourth-order valence-electron chi connectivity index (χ4n) is 2.59. The summed E-state index contributed by atoms with van der Waals surface area (Å²) >= 11 is 0. The van der Waals surface area contributed by atoms with Crippen LogP contribution in [-0.4, -0.2) is 33.5 Å². The van der Waals surface area contributed by atoms with Crippen LogP contribution in [0.4, 0.5) is 10.5 Å². The quantitative estimate of drug-likeness (QED) is 0.925. The summed E-state index contributed by atoms with van der Waals surface area (Å²) < 4.78 is 0. The van der Waals surface area contributed by atoms with Gasteiger partial charge in [-0.3, -0.25) is 9.97 Å². The number of rotatable bonds is 2. The molecule has 0 aliphatic carbocycles. The highest BCUT2D eigenvalue weighted by Crippen LogP contribution is 2.24. The van der Waals surface area contributed by atoms with Crippen molar-refractivity contribution in [3.05, 3.63) is 60.7 Å². The lowest BCUT2D eigenvalue weighted by Gasteiger charge is -2.32. The summed E-state index contributed by atoms with van der Waals surface area (Å²) in [6.07, 6.45) is 7.98. The normalized spacial score (nSPS) is 17.8. The predicted molar refractivity (Wildman–Crippen MR) is 86.3 cm³/mol. The number of nitrogens with one attached hydrogen (secondary N) is 1. The molecule has 0 unspecified atom stereocenters. The van der Waals surface area contributed by atoms with Crippen LogP contribution in [-0.2, 0) is 0 Å². The first-order valence-corrected chi connectivity index (χ1v) is 7.34. The van der Waals surface area contributed by atoms with Crippen LogP contribution in [0.2, 0.25) is 0 Å². The number of hydrogen-bond donors (Lipinski definition) is 1. The topological polar surface area (TPSA) is 58.1 Å². The summed E-state index contributed by atoms with van der Waals surface area (Å²) in [5.41, 5.74) is 2.84. The van der Waals surface area contributed by atoms with Crippen molar-refractivity contribution in [3.63, 3.8) is 0 Å². The van der Waals surface area contributed by atoms with Gasteiger partial charge in [-0.05, 0) is 31.1 Å². The molecule has 5 nitrogen and oxygen atoms in total. The second-order valence-corrected chi connectivity index (χ2v) is 5.26. The number of carbonyl (C=O) groups is 1. The molecule has 3 rings (SSSR count). The van der Waals surface area contributed by atoms with Crippen molar-refractivity contribution in [3.8, 4) is 0 Å². The largest absolute Gasteiger partial charge is 0.322 e. The van der Waals surface area contributed by atoms with Crippen LogP contribution in [0.3, 0.4) is 0 Å². The van der Waals surface area contributed by atoms with Crippen LogP contribution in [0.15, 0.2) is 55.0 Å². The molecule has 0 saturated heterocycles. The average Bonchev–Trinajstić information content (AvgIpc) is 2.56. The minimum Gasteiger partial charge on any atom is -0.318 e. The van der Waals surface area contributed by atoms with E-state index in [9.17, 15) is 4.79 Å². The molecule has 0 bridgehead atoms. The molecule has 0 saturated carbocycles. The zero-order valence-electron chi connectivity index (χ0n) is 12.4. The number of benzene rings is 1. The molecule has 2 amide bonds. The lowest BCUT2D eigenvalue weighted by Crippen LogP contribution is -2.43. The summed E-state index contributed by atoms with van der Waals surface area (Å²) in [5, 5.41) is 2.93. The highest BCUT2D eigenvalue weighted by Gasteiger charge is 2.24. The van der Waals surface area contributed by atoms with Crippen LogP contribution in [0.1, 0.15) is 19.0 Å². The standard InChI is InChI=1S/C17H18N4O/c1-13-11-14(16-12-18-8-9-19-16)7-10-21(13)17(22)20-15-5-3-2-4-6-15/h2-6,8-9,11-13H,7,10H2,1H3,(H,20,22)/t13-/m1/s1. The van der Waals surface area contributed by atoms with E-state index < -0.39 is 0 Å². The van der Waals surface area contributed by atoms with Gasteiger partial charge in [0.2, 0.25) is 0 Å². The first-order chi connectivity index (χ1) is 10.7. The van der Waals surface area contributed by atoms with E-state index in [2.05, 4.69) is 21.4 Å². The summed E-state index contributed by atoms with van der Waals surface area (Å²) in [6, 6.07) is 9.45. The number of amides is 2. The van der Waals surface area contributed by atoms with Gasteiger partial charge in [0, 0.05) is 30.7 Å². The van der Waals surface area contributed by atoms with Gasteiger partial charge >= 0.3 is 6.03 Å². The van der Waals surface area contributed by atoms with E-state index in [4.69, 9.17) is 0 Å². The van der Waals surface area contributed by atoms with E-state index in [0.29, 0.717) is 6.54 Å². The Bertz CT molecular complexity index is 670. The van der Waals surface area contributed by atoms with Gasteiger partial charge in [0.05, 0.1) is 11.9 Å². The van der Waals surface area contributed by atoms with E-state index in [1.165, 1.54) is 0 Å². The van der Waals surface area contributed by atoms with Gasteiger partial charge in [-0.1, -0.05) is 24.3 Å². The monoisotopic (exact) mass is 294 g/mol. The van der Waals surface area contributed by atoms with Gasteiger partial charge in [0.25, 0.3) is 0 Å². The fraction of sp³-hybridized carbons (Fsp3) is 0.235. The second kappa shape index (κ2) is 6.39. The highest BCUT2D eigenvalue weighted by molar-refractivity contribution is 5.90. The van der Waals surface area contributed by atoms with Crippen LogP contribution >= 0.6 is 0 Å². The zero-order chi connectivity index (χ0) is 15.4. The molecule has 2 aromatic rings. The van der Waals surface area contributed by atoms with Gasteiger partial charge in [-0.15, -0.1) is 0 Å². The maximum atomic E-state index is 12.4. The Morgan fingerprint density at radius 3 is 2.77 bits per heavy atom. The van der Waals surface area contributed by atoms with Crippen LogP contribution in [0.5, 0.6) is 0 Å².